The second-order valence-electron chi connectivity index (χ2n) is 19.8. The number of carboxylic acid groups (broad SMARTS) is 1. The Balaban J connectivity index is 1.25. The van der Waals surface area contributed by atoms with E-state index in [1.54, 1.807) is 13.8 Å². The molecule has 11 atom stereocenters. The summed E-state index contributed by atoms with van der Waals surface area (Å²) in [6.45, 7) is 24.0. The SMILES string of the molecule is C=C(C)[C@@H]1CC[C@]2(CC(=O)N3CC[C@H](N)C3)CC[C@]3(C)[C@H](CC[C@@H]4[C@@]5(C)CC[C@H](OC(=O)CC(C)(C)C(=O)O)C(C)(C)[C@@H]5CC[C@]43C)[C@@H]12. The van der Waals surface area contributed by atoms with Gasteiger partial charge in [0.2, 0.25) is 5.91 Å². The summed E-state index contributed by atoms with van der Waals surface area (Å²) in [4.78, 5) is 40.7. The van der Waals surface area contributed by atoms with E-state index >= 15 is 0 Å². The first kappa shape index (κ1) is 35.9. The summed E-state index contributed by atoms with van der Waals surface area (Å²) < 4.78 is 6.17. The molecule has 7 heteroatoms. The number of esters is 1. The van der Waals surface area contributed by atoms with E-state index in [1.165, 1.54) is 31.3 Å². The van der Waals surface area contributed by atoms with E-state index in [2.05, 4.69) is 53.0 Å². The van der Waals surface area contributed by atoms with Crippen molar-refractivity contribution in [2.75, 3.05) is 13.1 Å². The van der Waals surface area contributed by atoms with Crippen LogP contribution in [0, 0.1) is 62.1 Å². The molecule has 1 saturated heterocycles. The number of amides is 1. The maximum Gasteiger partial charge on any atom is 0.309 e. The highest BCUT2D eigenvalue weighted by molar-refractivity contribution is 5.81. The molecule has 270 valence electrons. The van der Waals surface area contributed by atoms with Gasteiger partial charge in [0.1, 0.15) is 6.10 Å². The van der Waals surface area contributed by atoms with Crippen LogP contribution >= 0.6 is 0 Å². The average Bonchev–Trinajstić information content (AvgIpc) is 3.59. The number of carboxylic acids is 1. The number of likely N-dealkylation sites (tertiary alicyclic amines) is 1. The number of ether oxygens (including phenoxy) is 1. The van der Waals surface area contributed by atoms with Crippen LogP contribution in [0.2, 0.25) is 0 Å². The molecule has 1 amide bonds. The predicted molar refractivity (Wildman–Crippen MR) is 189 cm³/mol. The summed E-state index contributed by atoms with van der Waals surface area (Å²) in [6.07, 6.45) is 12.6. The van der Waals surface area contributed by atoms with Gasteiger partial charge in [0.15, 0.2) is 0 Å². The van der Waals surface area contributed by atoms with Gasteiger partial charge in [0.05, 0.1) is 11.8 Å². The number of fused-ring (bicyclic) bond motifs is 7. The summed E-state index contributed by atoms with van der Waals surface area (Å²) in [6, 6.07) is 0.117. The molecule has 48 heavy (non-hydrogen) atoms. The Hall–Kier alpha value is -1.89. The van der Waals surface area contributed by atoms with E-state index in [4.69, 9.17) is 10.5 Å². The average molecular weight is 667 g/mol. The minimum absolute atomic E-state index is 0.0704. The summed E-state index contributed by atoms with van der Waals surface area (Å²) in [5.41, 5.74) is 6.84. The van der Waals surface area contributed by atoms with E-state index in [1.807, 2.05) is 0 Å². The Kier molecular flexibility index (Phi) is 8.86. The molecular weight excluding hydrogens is 600 g/mol. The van der Waals surface area contributed by atoms with Crippen LogP contribution in [0.15, 0.2) is 12.2 Å². The van der Waals surface area contributed by atoms with Gasteiger partial charge in [-0.1, -0.05) is 46.8 Å². The fourth-order valence-corrected chi connectivity index (χ4v) is 13.8. The van der Waals surface area contributed by atoms with Gasteiger partial charge in [-0.25, -0.2) is 0 Å². The lowest BCUT2D eigenvalue weighted by molar-refractivity contribution is -0.250. The summed E-state index contributed by atoms with van der Waals surface area (Å²) in [5.74, 6) is 1.59. The first-order valence-corrected chi connectivity index (χ1v) is 19.3. The number of nitrogens with two attached hydrogens (primary N) is 1. The molecule has 3 N–H and O–H groups in total. The minimum atomic E-state index is -1.14. The number of hydrogen-bond donors (Lipinski definition) is 2. The molecule has 1 heterocycles. The Morgan fingerprint density at radius 1 is 0.896 bits per heavy atom. The second kappa shape index (κ2) is 11.8. The first-order valence-electron chi connectivity index (χ1n) is 19.3. The maximum atomic E-state index is 13.8. The molecule has 0 unspecified atom stereocenters. The third-order valence-corrected chi connectivity index (χ3v) is 16.7. The number of allylic oxidation sites excluding steroid dienone is 1. The van der Waals surface area contributed by atoms with Crippen molar-refractivity contribution in [3.8, 4) is 0 Å². The molecule has 0 spiro atoms. The summed E-state index contributed by atoms with van der Waals surface area (Å²) >= 11 is 0. The lowest BCUT2D eigenvalue weighted by Gasteiger charge is -2.73. The summed E-state index contributed by atoms with van der Waals surface area (Å²) in [5, 5.41) is 9.59. The van der Waals surface area contributed by atoms with Gasteiger partial charge >= 0.3 is 11.9 Å². The highest BCUT2D eigenvalue weighted by Gasteiger charge is 2.71. The molecule has 7 nitrogen and oxygen atoms in total. The number of carbonyl (C=O) groups is 3. The van der Waals surface area contributed by atoms with Crippen molar-refractivity contribution in [1.82, 2.24) is 4.90 Å². The van der Waals surface area contributed by atoms with Gasteiger partial charge in [-0.2, -0.15) is 0 Å². The van der Waals surface area contributed by atoms with Crippen molar-refractivity contribution < 1.29 is 24.2 Å². The molecule has 0 bridgehead atoms. The fraction of sp³-hybridized carbons (Fsp3) is 0.878. The van der Waals surface area contributed by atoms with Gasteiger partial charge < -0.3 is 20.5 Å². The number of aliphatic carboxylic acids is 1. The van der Waals surface area contributed by atoms with Crippen LogP contribution in [0.1, 0.15) is 139 Å². The van der Waals surface area contributed by atoms with Crippen molar-refractivity contribution in [3.05, 3.63) is 12.2 Å². The maximum absolute atomic E-state index is 13.8. The topological polar surface area (TPSA) is 110 Å². The minimum Gasteiger partial charge on any atom is -0.481 e. The van der Waals surface area contributed by atoms with Crippen LogP contribution in [0.4, 0.5) is 0 Å². The monoisotopic (exact) mass is 666 g/mol. The van der Waals surface area contributed by atoms with Gasteiger partial charge in [-0.05, 0) is 143 Å². The van der Waals surface area contributed by atoms with Crippen molar-refractivity contribution in [2.45, 2.75) is 151 Å². The van der Waals surface area contributed by atoms with Crippen molar-refractivity contribution in [3.63, 3.8) is 0 Å². The quantitative estimate of drug-likeness (QED) is 0.211. The van der Waals surface area contributed by atoms with Crippen molar-refractivity contribution in [1.29, 1.82) is 0 Å². The lowest BCUT2D eigenvalue weighted by atomic mass is 9.32. The highest BCUT2D eigenvalue weighted by Crippen LogP contribution is 2.78. The second-order valence-corrected chi connectivity index (χ2v) is 19.8. The van der Waals surface area contributed by atoms with Gasteiger partial charge in [-0.15, -0.1) is 0 Å². The van der Waals surface area contributed by atoms with Crippen molar-refractivity contribution in [2.24, 2.45) is 67.8 Å². The molecule has 5 saturated carbocycles. The van der Waals surface area contributed by atoms with Crippen LogP contribution in [0.3, 0.4) is 0 Å². The van der Waals surface area contributed by atoms with E-state index in [9.17, 15) is 19.5 Å². The van der Waals surface area contributed by atoms with Crippen LogP contribution in [0.5, 0.6) is 0 Å². The molecule has 0 aromatic rings. The van der Waals surface area contributed by atoms with Crippen molar-refractivity contribution >= 4 is 17.8 Å². The van der Waals surface area contributed by atoms with E-state index in [0.717, 1.165) is 51.5 Å². The molecule has 5 aliphatic carbocycles. The predicted octanol–water partition coefficient (Wildman–Crippen LogP) is 8.01. The molecule has 1 aliphatic heterocycles. The molecule has 6 fully saturated rings. The van der Waals surface area contributed by atoms with E-state index in [0.29, 0.717) is 48.5 Å². The zero-order chi connectivity index (χ0) is 35.2. The van der Waals surface area contributed by atoms with Crippen LogP contribution in [-0.4, -0.2) is 53.1 Å². The smallest absolute Gasteiger partial charge is 0.309 e. The molecule has 6 rings (SSSR count). The number of nitrogens with zero attached hydrogens (tertiary/aromatic N) is 1. The number of carbonyl (C=O) groups excluding carboxylic acids is 2. The van der Waals surface area contributed by atoms with E-state index < -0.39 is 17.4 Å². The third-order valence-electron chi connectivity index (χ3n) is 16.7. The van der Waals surface area contributed by atoms with Gasteiger partial charge in [0, 0.05) is 31.0 Å². The third kappa shape index (κ3) is 5.32. The Morgan fingerprint density at radius 3 is 2.23 bits per heavy atom. The molecule has 0 radical (unpaired) electrons. The number of rotatable bonds is 7. The molecule has 0 aromatic heterocycles. The largest absolute Gasteiger partial charge is 0.481 e. The standard InChI is InChI=1S/C41H66N2O5/c1-25(2)27-12-18-41(22-32(44)43-21-15-26(42)24-43)20-19-39(8)28(34(27)41)10-11-30-38(7)16-14-31(48-33(45)23-36(3,4)35(46)47)37(5,6)29(38)13-17-40(30,39)9/h26-31,34H,1,10-24,42H2,2-9H3,(H,46,47)/t26-,27-,28+,29-,30+,31-,34+,38-,39+,40+,41+/m0/s1. The fourth-order valence-electron chi connectivity index (χ4n) is 13.8. The zero-order valence-corrected chi connectivity index (χ0v) is 31.5. The lowest BCUT2D eigenvalue weighted by Crippen LogP contribution is -2.67. The molecular formula is C41H66N2O5. The van der Waals surface area contributed by atoms with Crippen LogP contribution < -0.4 is 5.73 Å². The Morgan fingerprint density at radius 2 is 1.60 bits per heavy atom. The Labute approximate surface area is 290 Å². The normalized spacial score (nSPS) is 44.9. The molecule has 0 aromatic carbocycles. The van der Waals surface area contributed by atoms with Gasteiger partial charge in [0.25, 0.3) is 0 Å². The first-order chi connectivity index (χ1) is 22.2. The highest BCUT2D eigenvalue weighted by atomic mass is 16.5. The van der Waals surface area contributed by atoms with Crippen LogP contribution in [0.25, 0.3) is 0 Å². The number of hydrogen-bond acceptors (Lipinski definition) is 5. The summed E-state index contributed by atoms with van der Waals surface area (Å²) in [7, 11) is 0. The van der Waals surface area contributed by atoms with E-state index in [-0.39, 0.29) is 45.6 Å². The Bertz CT molecular complexity index is 1340. The zero-order valence-electron chi connectivity index (χ0n) is 31.5. The van der Waals surface area contributed by atoms with Gasteiger partial charge in [-0.3, -0.25) is 14.4 Å². The van der Waals surface area contributed by atoms with Crippen LogP contribution in [-0.2, 0) is 19.1 Å². The molecule has 6 aliphatic rings.